The molecule has 0 fully saturated rings. The second-order valence-corrected chi connectivity index (χ2v) is 9.09. The molecule has 1 aromatic carbocycles. The maximum atomic E-state index is 12.2. The van der Waals surface area contributed by atoms with Gasteiger partial charge in [-0.25, -0.2) is 8.42 Å². The molecule has 138 valence electrons. The lowest BCUT2D eigenvalue weighted by Gasteiger charge is -2.13. The monoisotopic (exact) mass is 390 g/mol. The van der Waals surface area contributed by atoms with E-state index in [1.54, 1.807) is 41.8 Å². The fraction of sp³-hybridized carbons (Fsp3) is 0.316. The van der Waals surface area contributed by atoms with Crippen LogP contribution in [0.15, 0.2) is 57.6 Å². The Hall–Kier alpha value is -2.12. The summed E-state index contributed by atoms with van der Waals surface area (Å²) in [6.07, 6.45) is 7.96. The molecular weight excluding hydrogens is 368 g/mol. The molecule has 1 amide bonds. The number of hydrogen-bond donors (Lipinski definition) is 2. The molecule has 2 N–H and O–H groups in total. The van der Waals surface area contributed by atoms with Crippen LogP contribution in [0.4, 0.5) is 5.69 Å². The standard InChI is InChI=1S/C19H22N2O3S2/c22-19(20-13-12-15-5-2-1-3-6-15)16-8-10-17(11-9-16)21-26(23,24)18-7-4-14-25-18/h4-5,7-11,14,21H,1-3,6,12-13H2,(H,20,22). The van der Waals surface area contributed by atoms with Gasteiger partial charge >= 0.3 is 0 Å². The van der Waals surface area contributed by atoms with Crippen molar-refractivity contribution in [3.8, 4) is 0 Å². The van der Waals surface area contributed by atoms with Crippen molar-refractivity contribution in [3.05, 3.63) is 59.0 Å². The van der Waals surface area contributed by atoms with Crippen LogP contribution >= 0.6 is 11.3 Å². The minimum Gasteiger partial charge on any atom is -0.352 e. The van der Waals surface area contributed by atoms with Gasteiger partial charge in [-0.2, -0.15) is 0 Å². The summed E-state index contributed by atoms with van der Waals surface area (Å²) in [5.41, 5.74) is 2.37. The van der Waals surface area contributed by atoms with Gasteiger partial charge in [0.05, 0.1) is 0 Å². The first-order valence-corrected chi connectivity index (χ1v) is 11.0. The lowest BCUT2D eigenvalue weighted by molar-refractivity contribution is 0.0954. The van der Waals surface area contributed by atoms with Crippen LogP contribution in [0.1, 0.15) is 42.5 Å². The molecule has 0 bridgehead atoms. The Morgan fingerprint density at radius 3 is 2.58 bits per heavy atom. The van der Waals surface area contributed by atoms with Gasteiger partial charge in [0.1, 0.15) is 4.21 Å². The molecule has 0 aliphatic heterocycles. The van der Waals surface area contributed by atoms with Crippen LogP contribution in [-0.2, 0) is 10.0 Å². The number of thiophene rings is 1. The maximum absolute atomic E-state index is 12.2. The molecule has 1 heterocycles. The van der Waals surface area contributed by atoms with E-state index in [-0.39, 0.29) is 10.1 Å². The van der Waals surface area contributed by atoms with Gasteiger partial charge in [0.15, 0.2) is 0 Å². The second kappa shape index (κ2) is 8.51. The van der Waals surface area contributed by atoms with Gasteiger partial charge in [0, 0.05) is 17.8 Å². The number of amides is 1. The Morgan fingerprint density at radius 1 is 1.12 bits per heavy atom. The highest BCUT2D eigenvalue weighted by molar-refractivity contribution is 7.94. The topological polar surface area (TPSA) is 75.3 Å². The van der Waals surface area contributed by atoms with Crippen molar-refractivity contribution < 1.29 is 13.2 Å². The van der Waals surface area contributed by atoms with Gasteiger partial charge < -0.3 is 5.32 Å². The number of allylic oxidation sites excluding steroid dienone is 1. The number of hydrogen-bond acceptors (Lipinski definition) is 4. The van der Waals surface area contributed by atoms with E-state index in [0.29, 0.717) is 17.8 Å². The molecule has 1 aromatic heterocycles. The van der Waals surface area contributed by atoms with Crippen molar-refractivity contribution in [3.63, 3.8) is 0 Å². The van der Waals surface area contributed by atoms with Crippen LogP contribution in [0.2, 0.25) is 0 Å². The summed E-state index contributed by atoms with van der Waals surface area (Å²) in [5.74, 6) is -0.144. The Kier molecular flexibility index (Phi) is 6.11. The third-order valence-electron chi connectivity index (χ3n) is 4.28. The van der Waals surface area contributed by atoms with Crippen LogP contribution in [-0.4, -0.2) is 20.9 Å². The lowest BCUT2D eigenvalue weighted by atomic mass is 9.97. The molecule has 7 heteroatoms. The Morgan fingerprint density at radius 2 is 1.92 bits per heavy atom. The van der Waals surface area contributed by atoms with Crippen LogP contribution in [0.25, 0.3) is 0 Å². The number of carbonyl (C=O) groups is 1. The van der Waals surface area contributed by atoms with E-state index in [9.17, 15) is 13.2 Å². The molecule has 2 aromatic rings. The van der Waals surface area contributed by atoms with E-state index < -0.39 is 10.0 Å². The first-order chi connectivity index (χ1) is 12.5. The molecule has 1 aliphatic carbocycles. The zero-order chi connectivity index (χ0) is 18.4. The Labute approximate surface area is 158 Å². The van der Waals surface area contributed by atoms with Gasteiger partial charge in [-0.05, 0) is 67.8 Å². The molecule has 1 aliphatic rings. The largest absolute Gasteiger partial charge is 0.352 e. The second-order valence-electron chi connectivity index (χ2n) is 6.23. The van der Waals surface area contributed by atoms with Crippen LogP contribution in [0, 0.1) is 0 Å². The molecule has 26 heavy (non-hydrogen) atoms. The maximum Gasteiger partial charge on any atom is 0.271 e. The highest BCUT2D eigenvalue weighted by Gasteiger charge is 2.15. The average molecular weight is 391 g/mol. The molecule has 0 radical (unpaired) electrons. The van der Waals surface area contributed by atoms with E-state index >= 15 is 0 Å². The third-order valence-corrected chi connectivity index (χ3v) is 7.05. The molecule has 3 rings (SSSR count). The number of nitrogens with one attached hydrogen (secondary N) is 2. The summed E-state index contributed by atoms with van der Waals surface area (Å²) in [6.45, 7) is 0.622. The van der Waals surface area contributed by atoms with Crippen molar-refractivity contribution >= 4 is 33.0 Å². The number of carbonyl (C=O) groups excluding carboxylic acids is 1. The average Bonchev–Trinajstić information content (AvgIpc) is 3.19. The number of sulfonamides is 1. The normalized spacial score (nSPS) is 14.5. The quantitative estimate of drug-likeness (QED) is 0.697. The third kappa shape index (κ3) is 4.95. The first-order valence-electron chi connectivity index (χ1n) is 8.67. The Bertz CT molecular complexity index is 870. The van der Waals surface area contributed by atoms with Gasteiger partial charge in [-0.3, -0.25) is 9.52 Å². The fourth-order valence-electron chi connectivity index (χ4n) is 2.88. The van der Waals surface area contributed by atoms with E-state index in [1.807, 2.05) is 0 Å². The zero-order valence-electron chi connectivity index (χ0n) is 14.4. The predicted molar refractivity (Wildman–Crippen MR) is 105 cm³/mol. The minimum absolute atomic E-state index is 0.144. The molecule has 0 unspecified atom stereocenters. The summed E-state index contributed by atoms with van der Waals surface area (Å²) in [6, 6.07) is 9.70. The summed E-state index contributed by atoms with van der Waals surface area (Å²) >= 11 is 1.16. The SMILES string of the molecule is O=C(NCCC1=CCCCC1)c1ccc(NS(=O)(=O)c2cccs2)cc1. The molecule has 0 saturated heterocycles. The van der Waals surface area contributed by atoms with E-state index in [2.05, 4.69) is 16.1 Å². The van der Waals surface area contributed by atoms with Crippen LogP contribution in [0.5, 0.6) is 0 Å². The van der Waals surface area contributed by atoms with Crippen molar-refractivity contribution in [2.45, 2.75) is 36.3 Å². The summed E-state index contributed by atoms with van der Waals surface area (Å²) in [5, 5.41) is 4.63. The summed E-state index contributed by atoms with van der Waals surface area (Å²) < 4.78 is 27.2. The molecular formula is C19H22N2O3S2. The number of benzene rings is 1. The van der Waals surface area contributed by atoms with E-state index in [0.717, 1.165) is 30.6 Å². The van der Waals surface area contributed by atoms with Gasteiger partial charge in [-0.1, -0.05) is 17.7 Å². The molecule has 0 saturated carbocycles. The molecule has 5 nitrogen and oxygen atoms in total. The van der Waals surface area contributed by atoms with Crippen molar-refractivity contribution in [2.24, 2.45) is 0 Å². The zero-order valence-corrected chi connectivity index (χ0v) is 16.0. The minimum atomic E-state index is -3.57. The van der Waals surface area contributed by atoms with Crippen LogP contribution in [0.3, 0.4) is 0 Å². The number of anilines is 1. The van der Waals surface area contributed by atoms with E-state index in [4.69, 9.17) is 0 Å². The van der Waals surface area contributed by atoms with Gasteiger partial charge in [-0.15, -0.1) is 11.3 Å². The van der Waals surface area contributed by atoms with Crippen molar-refractivity contribution in [1.29, 1.82) is 0 Å². The fourth-order valence-corrected chi connectivity index (χ4v) is 4.93. The smallest absolute Gasteiger partial charge is 0.271 e. The predicted octanol–water partition coefficient (Wildman–Crippen LogP) is 4.17. The highest BCUT2D eigenvalue weighted by atomic mass is 32.2. The van der Waals surface area contributed by atoms with Gasteiger partial charge in [0.2, 0.25) is 0 Å². The number of rotatable bonds is 7. The first kappa shape index (κ1) is 18.7. The van der Waals surface area contributed by atoms with Crippen LogP contribution < -0.4 is 10.0 Å². The Balaban J connectivity index is 1.53. The lowest BCUT2D eigenvalue weighted by Crippen LogP contribution is -2.24. The summed E-state index contributed by atoms with van der Waals surface area (Å²) in [4.78, 5) is 12.2. The van der Waals surface area contributed by atoms with Crippen molar-refractivity contribution in [2.75, 3.05) is 11.3 Å². The molecule has 0 atom stereocenters. The van der Waals surface area contributed by atoms with Gasteiger partial charge in [0.25, 0.3) is 15.9 Å². The van der Waals surface area contributed by atoms with E-state index in [1.165, 1.54) is 18.4 Å². The summed E-state index contributed by atoms with van der Waals surface area (Å²) in [7, 11) is -3.57. The molecule has 0 spiro atoms. The highest BCUT2D eigenvalue weighted by Crippen LogP contribution is 2.21. The van der Waals surface area contributed by atoms with Crippen molar-refractivity contribution in [1.82, 2.24) is 5.32 Å².